The van der Waals surface area contributed by atoms with E-state index in [0.29, 0.717) is 22.0 Å². The summed E-state index contributed by atoms with van der Waals surface area (Å²) in [6.45, 7) is 2.79. The van der Waals surface area contributed by atoms with Gasteiger partial charge in [0.2, 0.25) is 0 Å². The molecule has 0 atom stereocenters. The third-order valence-corrected chi connectivity index (χ3v) is 3.36. The van der Waals surface area contributed by atoms with Crippen molar-refractivity contribution in [2.24, 2.45) is 0 Å². The highest BCUT2D eigenvalue weighted by Crippen LogP contribution is 2.23. The van der Waals surface area contributed by atoms with E-state index in [-0.39, 0.29) is 5.78 Å². The number of halogens is 2. The SMILES string of the molecule is CCn1cc(CC(=O)c2ccc(Cl)c(Cl)c2)cn1. The number of nitrogens with zero attached hydrogens (tertiary/aromatic N) is 2. The summed E-state index contributed by atoms with van der Waals surface area (Å²) in [5.41, 5.74) is 1.46. The second-order valence-electron chi connectivity index (χ2n) is 3.93. The molecule has 2 rings (SSSR count). The molecule has 5 heteroatoms. The number of aromatic nitrogens is 2. The molecule has 0 spiro atoms. The number of rotatable bonds is 4. The van der Waals surface area contributed by atoms with Crippen LogP contribution in [0.4, 0.5) is 0 Å². The van der Waals surface area contributed by atoms with Crippen LogP contribution in [-0.2, 0) is 13.0 Å². The van der Waals surface area contributed by atoms with E-state index in [9.17, 15) is 4.79 Å². The van der Waals surface area contributed by atoms with E-state index < -0.39 is 0 Å². The van der Waals surface area contributed by atoms with Gasteiger partial charge in [-0.25, -0.2) is 0 Å². The third kappa shape index (κ3) is 2.92. The molecule has 1 aromatic carbocycles. The molecule has 0 aliphatic heterocycles. The number of Topliss-reactive ketones (excluding diaryl/α,β-unsaturated/α-hetero) is 1. The van der Waals surface area contributed by atoms with Gasteiger partial charge < -0.3 is 0 Å². The maximum Gasteiger partial charge on any atom is 0.167 e. The lowest BCUT2D eigenvalue weighted by Gasteiger charge is -2.01. The van der Waals surface area contributed by atoms with Crippen LogP contribution in [0, 0.1) is 0 Å². The first-order valence-corrected chi connectivity index (χ1v) is 6.35. The fraction of sp³-hybridized carbons (Fsp3) is 0.231. The molecule has 0 saturated carbocycles. The lowest BCUT2D eigenvalue weighted by molar-refractivity contribution is 0.0993. The summed E-state index contributed by atoms with van der Waals surface area (Å²) in [4.78, 5) is 12.0. The zero-order valence-corrected chi connectivity index (χ0v) is 11.4. The molecule has 2 aromatic rings. The minimum absolute atomic E-state index is 0.00391. The van der Waals surface area contributed by atoms with Crippen molar-refractivity contribution in [3.8, 4) is 0 Å². The largest absolute Gasteiger partial charge is 0.294 e. The monoisotopic (exact) mass is 282 g/mol. The molecule has 3 nitrogen and oxygen atoms in total. The molecule has 0 fully saturated rings. The number of aryl methyl sites for hydroxylation is 1. The van der Waals surface area contributed by atoms with Crippen LogP contribution >= 0.6 is 23.2 Å². The number of carbonyl (C=O) groups excluding carboxylic acids is 1. The Bertz CT molecular complexity index is 578. The van der Waals surface area contributed by atoms with Crippen molar-refractivity contribution >= 4 is 29.0 Å². The van der Waals surface area contributed by atoms with E-state index in [1.54, 1.807) is 29.1 Å². The van der Waals surface area contributed by atoms with Gasteiger partial charge in [0.1, 0.15) is 0 Å². The number of benzene rings is 1. The normalized spacial score (nSPS) is 10.6. The fourth-order valence-corrected chi connectivity index (χ4v) is 1.93. The molecule has 0 aliphatic carbocycles. The molecule has 0 radical (unpaired) electrons. The number of carbonyl (C=O) groups is 1. The highest BCUT2D eigenvalue weighted by molar-refractivity contribution is 6.42. The van der Waals surface area contributed by atoms with E-state index in [0.717, 1.165) is 12.1 Å². The van der Waals surface area contributed by atoms with Crippen molar-refractivity contribution < 1.29 is 4.79 Å². The highest BCUT2D eigenvalue weighted by atomic mass is 35.5. The lowest BCUT2D eigenvalue weighted by atomic mass is 10.1. The zero-order valence-electron chi connectivity index (χ0n) is 9.86. The summed E-state index contributed by atoms with van der Waals surface area (Å²) >= 11 is 11.7. The Morgan fingerprint density at radius 2 is 2.11 bits per heavy atom. The summed E-state index contributed by atoms with van der Waals surface area (Å²) in [6.07, 6.45) is 3.90. The maximum absolute atomic E-state index is 12.0. The van der Waals surface area contributed by atoms with Gasteiger partial charge in [-0.2, -0.15) is 5.10 Å². The van der Waals surface area contributed by atoms with Crippen molar-refractivity contribution in [3.63, 3.8) is 0 Å². The van der Waals surface area contributed by atoms with E-state index in [1.807, 2.05) is 13.1 Å². The summed E-state index contributed by atoms with van der Waals surface area (Å²) in [6, 6.07) is 4.91. The molecule has 18 heavy (non-hydrogen) atoms. The Hall–Kier alpha value is -1.32. The second kappa shape index (κ2) is 5.55. The summed E-state index contributed by atoms with van der Waals surface area (Å²) in [7, 11) is 0. The van der Waals surface area contributed by atoms with E-state index >= 15 is 0 Å². The Morgan fingerprint density at radius 1 is 1.33 bits per heavy atom. The van der Waals surface area contributed by atoms with Crippen LogP contribution in [0.2, 0.25) is 10.0 Å². The fourth-order valence-electron chi connectivity index (χ4n) is 1.63. The van der Waals surface area contributed by atoms with Crippen molar-refractivity contribution in [1.82, 2.24) is 9.78 Å². The molecule has 1 aromatic heterocycles. The first-order valence-electron chi connectivity index (χ1n) is 5.59. The second-order valence-corrected chi connectivity index (χ2v) is 4.75. The van der Waals surface area contributed by atoms with E-state index in [1.165, 1.54) is 0 Å². The van der Waals surface area contributed by atoms with Crippen LogP contribution in [0.5, 0.6) is 0 Å². The lowest BCUT2D eigenvalue weighted by Crippen LogP contribution is -2.03. The van der Waals surface area contributed by atoms with Crippen LogP contribution in [0.15, 0.2) is 30.6 Å². The van der Waals surface area contributed by atoms with Crippen LogP contribution in [0.25, 0.3) is 0 Å². The van der Waals surface area contributed by atoms with Crippen LogP contribution in [0.3, 0.4) is 0 Å². The van der Waals surface area contributed by atoms with E-state index in [4.69, 9.17) is 23.2 Å². The van der Waals surface area contributed by atoms with Gasteiger partial charge in [0.05, 0.1) is 16.2 Å². The molecule has 94 valence electrons. The summed E-state index contributed by atoms with van der Waals surface area (Å²) < 4.78 is 1.79. The third-order valence-electron chi connectivity index (χ3n) is 2.62. The van der Waals surface area contributed by atoms with Crippen molar-refractivity contribution in [1.29, 1.82) is 0 Å². The smallest absolute Gasteiger partial charge is 0.167 e. The molecular weight excluding hydrogens is 271 g/mol. The van der Waals surface area contributed by atoms with Crippen LogP contribution in [-0.4, -0.2) is 15.6 Å². The predicted octanol–water partition coefficient (Wildman–Crippen LogP) is 3.64. The minimum Gasteiger partial charge on any atom is -0.294 e. The average molecular weight is 283 g/mol. The Labute approximate surface area is 115 Å². The Kier molecular flexibility index (Phi) is 4.04. The van der Waals surface area contributed by atoms with Crippen LogP contribution in [0.1, 0.15) is 22.8 Å². The number of hydrogen-bond donors (Lipinski definition) is 0. The van der Waals surface area contributed by atoms with E-state index in [2.05, 4.69) is 5.10 Å². The Balaban J connectivity index is 2.14. The van der Waals surface area contributed by atoms with Gasteiger partial charge in [0.15, 0.2) is 5.78 Å². The topological polar surface area (TPSA) is 34.9 Å². The molecule has 0 unspecified atom stereocenters. The van der Waals surface area contributed by atoms with Gasteiger partial charge in [-0.15, -0.1) is 0 Å². The zero-order chi connectivity index (χ0) is 13.1. The Morgan fingerprint density at radius 3 is 2.72 bits per heavy atom. The van der Waals surface area contributed by atoms with Gasteiger partial charge in [-0.3, -0.25) is 9.48 Å². The first kappa shape index (κ1) is 13.1. The molecule has 0 N–H and O–H groups in total. The highest BCUT2D eigenvalue weighted by Gasteiger charge is 2.10. The van der Waals surface area contributed by atoms with Gasteiger partial charge in [-0.1, -0.05) is 23.2 Å². The van der Waals surface area contributed by atoms with Crippen molar-refractivity contribution in [2.45, 2.75) is 19.9 Å². The molecule has 0 bridgehead atoms. The molecular formula is C13H12Cl2N2O. The standard InChI is InChI=1S/C13H12Cl2N2O/c1-2-17-8-9(7-16-17)5-13(18)10-3-4-11(14)12(15)6-10/h3-4,6-8H,2,5H2,1H3. The quantitative estimate of drug-likeness (QED) is 0.803. The van der Waals surface area contributed by atoms with Crippen LogP contribution < -0.4 is 0 Å². The first-order chi connectivity index (χ1) is 8.60. The molecule has 1 heterocycles. The number of hydrogen-bond acceptors (Lipinski definition) is 2. The summed E-state index contributed by atoms with van der Waals surface area (Å²) in [5.74, 6) is 0.00391. The maximum atomic E-state index is 12.0. The minimum atomic E-state index is 0.00391. The molecule has 0 amide bonds. The summed E-state index contributed by atoms with van der Waals surface area (Å²) in [5, 5.41) is 4.98. The molecule has 0 saturated heterocycles. The van der Waals surface area contributed by atoms with Gasteiger partial charge in [-0.05, 0) is 30.7 Å². The van der Waals surface area contributed by atoms with Gasteiger partial charge in [0, 0.05) is 24.7 Å². The van der Waals surface area contributed by atoms with Gasteiger partial charge in [0.25, 0.3) is 0 Å². The predicted molar refractivity (Wildman–Crippen MR) is 72.4 cm³/mol. The van der Waals surface area contributed by atoms with Crippen molar-refractivity contribution in [3.05, 3.63) is 51.8 Å². The van der Waals surface area contributed by atoms with Crippen molar-refractivity contribution in [2.75, 3.05) is 0 Å². The average Bonchev–Trinajstić information content (AvgIpc) is 2.80. The number of ketones is 1. The van der Waals surface area contributed by atoms with Gasteiger partial charge >= 0.3 is 0 Å². The molecule has 0 aliphatic rings.